The first-order valence-corrected chi connectivity index (χ1v) is 6.15. The van der Waals surface area contributed by atoms with Crippen LogP contribution in [-0.4, -0.2) is 23.2 Å². The summed E-state index contributed by atoms with van der Waals surface area (Å²) in [6, 6.07) is 6.10. The van der Waals surface area contributed by atoms with E-state index in [2.05, 4.69) is 22.0 Å². The van der Waals surface area contributed by atoms with Gasteiger partial charge in [-0.3, -0.25) is 4.79 Å². The number of alkyl halides is 1. The van der Waals surface area contributed by atoms with E-state index in [0.29, 0.717) is 6.54 Å². The molecule has 4 heteroatoms. The van der Waals surface area contributed by atoms with Crippen LogP contribution in [-0.2, 0) is 17.8 Å². The Kier molecular flexibility index (Phi) is 3.32. The van der Waals surface area contributed by atoms with Crippen LogP contribution in [0.15, 0.2) is 22.7 Å². The van der Waals surface area contributed by atoms with Gasteiger partial charge in [0.15, 0.2) is 0 Å². The molecule has 80 valence electrons. The molecule has 1 aliphatic rings. The summed E-state index contributed by atoms with van der Waals surface area (Å²) in [6.45, 7) is 1.45. The van der Waals surface area contributed by atoms with Gasteiger partial charge < -0.3 is 4.90 Å². The van der Waals surface area contributed by atoms with Crippen LogP contribution in [0.3, 0.4) is 0 Å². The second-order valence-electron chi connectivity index (χ2n) is 3.58. The maximum absolute atomic E-state index is 11.4. The molecule has 0 aliphatic carbocycles. The van der Waals surface area contributed by atoms with E-state index < -0.39 is 0 Å². The van der Waals surface area contributed by atoms with E-state index in [1.54, 1.807) is 0 Å². The van der Waals surface area contributed by atoms with Crippen LogP contribution in [0.1, 0.15) is 11.1 Å². The van der Waals surface area contributed by atoms with E-state index in [0.717, 1.165) is 17.4 Å². The standard InChI is InChI=1S/C11H11BrClNO/c12-10-3-1-2-8-7-14(11(15)6-13)5-4-9(8)10/h1-3H,4-7H2. The van der Waals surface area contributed by atoms with Crippen molar-refractivity contribution in [2.75, 3.05) is 12.4 Å². The molecule has 0 saturated carbocycles. The molecule has 1 aromatic rings. The quantitative estimate of drug-likeness (QED) is 0.727. The molecule has 1 aliphatic heterocycles. The molecule has 2 rings (SSSR count). The maximum atomic E-state index is 11.4. The van der Waals surface area contributed by atoms with Gasteiger partial charge in [-0.2, -0.15) is 0 Å². The number of amides is 1. The van der Waals surface area contributed by atoms with Gasteiger partial charge in [0.2, 0.25) is 5.91 Å². The molecule has 0 spiro atoms. The van der Waals surface area contributed by atoms with E-state index >= 15 is 0 Å². The third-order valence-electron chi connectivity index (χ3n) is 2.68. The lowest BCUT2D eigenvalue weighted by atomic mass is 10.00. The van der Waals surface area contributed by atoms with Crippen molar-refractivity contribution >= 4 is 33.4 Å². The average Bonchev–Trinajstić information content (AvgIpc) is 2.28. The van der Waals surface area contributed by atoms with Crippen molar-refractivity contribution in [2.24, 2.45) is 0 Å². The van der Waals surface area contributed by atoms with Gasteiger partial charge in [0.1, 0.15) is 5.88 Å². The van der Waals surface area contributed by atoms with Gasteiger partial charge in [-0.15, -0.1) is 11.6 Å². The van der Waals surface area contributed by atoms with Gasteiger partial charge in [-0.05, 0) is 23.6 Å². The summed E-state index contributed by atoms with van der Waals surface area (Å²) >= 11 is 9.07. The Morgan fingerprint density at radius 1 is 1.53 bits per heavy atom. The number of rotatable bonds is 1. The molecule has 1 aromatic carbocycles. The summed E-state index contributed by atoms with van der Waals surface area (Å²) in [4.78, 5) is 13.3. The van der Waals surface area contributed by atoms with Crippen LogP contribution in [0.25, 0.3) is 0 Å². The molecule has 0 N–H and O–H groups in total. The number of fused-ring (bicyclic) bond motifs is 1. The fourth-order valence-electron chi connectivity index (χ4n) is 1.86. The fraction of sp³-hybridized carbons (Fsp3) is 0.364. The SMILES string of the molecule is O=C(CCl)N1CCc2c(Br)cccc2C1. The van der Waals surface area contributed by atoms with Crippen molar-refractivity contribution in [3.63, 3.8) is 0 Å². The van der Waals surface area contributed by atoms with Gasteiger partial charge in [0.25, 0.3) is 0 Å². The average molecular weight is 289 g/mol. The van der Waals surface area contributed by atoms with Crippen molar-refractivity contribution in [3.05, 3.63) is 33.8 Å². The minimum Gasteiger partial charge on any atom is -0.337 e. The first-order chi connectivity index (χ1) is 7.22. The molecule has 0 saturated heterocycles. The van der Waals surface area contributed by atoms with E-state index in [1.807, 2.05) is 17.0 Å². The predicted octanol–water partition coefficient (Wildman–Crippen LogP) is 2.57. The number of hydrogen-bond donors (Lipinski definition) is 0. The summed E-state index contributed by atoms with van der Waals surface area (Å²) in [5.41, 5.74) is 2.53. The van der Waals surface area contributed by atoms with E-state index in [1.165, 1.54) is 11.1 Å². The number of hydrogen-bond acceptors (Lipinski definition) is 1. The first-order valence-electron chi connectivity index (χ1n) is 4.82. The number of carbonyl (C=O) groups is 1. The molecule has 0 aromatic heterocycles. The van der Waals surface area contributed by atoms with Gasteiger partial charge in [0.05, 0.1) is 0 Å². The van der Waals surface area contributed by atoms with E-state index in [-0.39, 0.29) is 11.8 Å². The summed E-state index contributed by atoms with van der Waals surface area (Å²) < 4.78 is 1.14. The number of halogens is 2. The monoisotopic (exact) mass is 287 g/mol. The number of benzene rings is 1. The van der Waals surface area contributed by atoms with Crippen LogP contribution >= 0.6 is 27.5 Å². The van der Waals surface area contributed by atoms with Gasteiger partial charge in [-0.25, -0.2) is 0 Å². The largest absolute Gasteiger partial charge is 0.337 e. The zero-order valence-electron chi connectivity index (χ0n) is 8.17. The molecular weight excluding hydrogens is 277 g/mol. The molecule has 0 bridgehead atoms. The molecule has 0 fully saturated rings. The van der Waals surface area contributed by atoms with Crippen molar-refractivity contribution in [3.8, 4) is 0 Å². The zero-order valence-corrected chi connectivity index (χ0v) is 10.5. The molecule has 2 nitrogen and oxygen atoms in total. The minimum absolute atomic E-state index is 0.0160. The lowest BCUT2D eigenvalue weighted by molar-refractivity contribution is -0.129. The zero-order chi connectivity index (χ0) is 10.8. The van der Waals surface area contributed by atoms with Crippen LogP contribution in [0.4, 0.5) is 0 Å². The topological polar surface area (TPSA) is 20.3 Å². The molecular formula is C11H11BrClNO. The molecule has 0 unspecified atom stereocenters. The highest BCUT2D eigenvalue weighted by molar-refractivity contribution is 9.10. The Hall–Kier alpha value is -0.540. The highest BCUT2D eigenvalue weighted by atomic mass is 79.9. The third-order valence-corrected chi connectivity index (χ3v) is 3.65. The summed E-state index contributed by atoms with van der Waals surface area (Å²) in [7, 11) is 0. The summed E-state index contributed by atoms with van der Waals surface area (Å²) in [6.07, 6.45) is 0.902. The Bertz CT molecular complexity index is 394. The molecule has 0 radical (unpaired) electrons. The van der Waals surface area contributed by atoms with Gasteiger partial charge in [0, 0.05) is 17.6 Å². The number of nitrogens with zero attached hydrogens (tertiary/aromatic N) is 1. The lowest BCUT2D eigenvalue weighted by Gasteiger charge is -2.28. The summed E-state index contributed by atoms with van der Waals surface area (Å²) in [5, 5.41) is 0. The Balaban J connectivity index is 2.24. The number of carbonyl (C=O) groups excluding carboxylic acids is 1. The minimum atomic E-state index is 0.0160. The lowest BCUT2D eigenvalue weighted by Crippen LogP contribution is -2.36. The van der Waals surface area contributed by atoms with Gasteiger partial charge in [-0.1, -0.05) is 28.1 Å². The third kappa shape index (κ3) is 2.18. The first kappa shape index (κ1) is 11.0. The molecule has 15 heavy (non-hydrogen) atoms. The van der Waals surface area contributed by atoms with E-state index in [4.69, 9.17) is 11.6 Å². The Labute approximate surface area is 102 Å². The Morgan fingerprint density at radius 3 is 3.07 bits per heavy atom. The van der Waals surface area contributed by atoms with Crippen molar-refractivity contribution in [1.29, 1.82) is 0 Å². The van der Waals surface area contributed by atoms with Crippen LogP contribution in [0, 0.1) is 0 Å². The van der Waals surface area contributed by atoms with Crippen LogP contribution in [0.2, 0.25) is 0 Å². The van der Waals surface area contributed by atoms with Crippen molar-refractivity contribution in [1.82, 2.24) is 4.90 Å². The van der Waals surface area contributed by atoms with Gasteiger partial charge >= 0.3 is 0 Å². The Morgan fingerprint density at radius 2 is 2.33 bits per heavy atom. The predicted molar refractivity (Wildman–Crippen MR) is 64.0 cm³/mol. The molecule has 1 amide bonds. The smallest absolute Gasteiger partial charge is 0.237 e. The second-order valence-corrected chi connectivity index (χ2v) is 4.70. The molecule has 0 atom stereocenters. The normalized spacial score (nSPS) is 14.9. The van der Waals surface area contributed by atoms with Crippen molar-refractivity contribution < 1.29 is 4.79 Å². The van der Waals surface area contributed by atoms with E-state index in [9.17, 15) is 4.79 Å². The maximum Gasteiger partial charge on any atom is 0.237 e. The highest BCUT2D eigenvalue weighted by Gasteiger charge is 2.20. The molecule has 1 heterocycles. The van der Waals surface area contributed by atoms with Crippen LogP contribution in [0.5, 0.6) is 0 Å². The fourth-order valence-corrected chi connectivity index (χ4v) is 2.63. The van der Waals surface area contributed by atoms with Crippen molar-refractivity contribution in [2.45, 2.75) is 13.0 Å². The highest BCUT2D eigenvalue weighted by Crippen LogP contribution is 2.26. The summed E-state index contributed by atoms with van der Waals surface area (Å²) in [5.74, 6) is 0.0888. The second kappa shape index (κ2) is 4.54. The van der Waals surface area contributed by atoms with Crippen LogP contribution < -0.4 is 0 Å².